The Morgan fingerprint density at radius 3 is 1.90 bits per heavy atom. The van der Waals surface area contributed by atoms with Gasteiger partial charge in [-0.2, -0.15) is 0 Å². The smallest absolute Gasteiger partial charge is 0.408 e. The van der Waals surface area contributed by atoms with E-state index >= 15 is 0 Å². The normalized spacial score (nSPS) is 12.8. The van der Waals surface area contributed by atoms with Gasteiger partial charge in [0.25, 0.3) is 5.91 Å². The number of para-hydroxylation sites is 1. The summed E-state index contributed by atoms with van der Waals surface area (Å²) in [5, 5.41) is 15.9. The van der Waals surface area contributed by atoms with Gasteiger partial charge in [0.2, 0.25) is 5.91 Å². The molecule has 2 aromatic carbocycles. The van der Waals surface area contributed by atoms with Crippen molar-refractivity contribution in [3.05, 3.63) is 64.2 Å². The van der Waals surface area contributed by atoms with E-state index in [-0.39, 0.29) is 12.5 Å². The lowest BCUT2D eigenvalue weighted by Gasteiger charge is -2.35. The van der Waals surface area contributed by atoms with Crippen molar-refractivity contribution in [3.8, 4) is 0 Å². The minimum Gasteiger partial charge on any atom is -0.444 e. The second kappa shape index (κ2) is 16.3. The summed E-state index contributed by atoms with van der Waals surface area (Å²) in [6.45, 7) is 14.7. The maximum Gasteiger partial charge on any atom is 0.408 e. The molecule has 3 N–H and O–H groups in total. The minimum atomic E-state index is -1.28. The highest BCUT2D eigenvalue weighted by Gasteiger charge is 2.37. The number of ether oxygens (including phenoxy) is 1. The molecule has 0 radical (unpaired) electrons. The van der Waals surface area contributed by atoms with Crippen molar-refractivity contribution in [2.45, 2.75) is 112 Å². The number of aryl methyl sites for hydroxylation is 4. The molecule has 2 rings (SSSR count). The lowest BCUT2D eigenvalue weighted by Crippen LogP contribution is -2.54. The average molecular weight is 582 g/mol. The van der Waals surface area contributed by atoms with Crippen molar-refractivity contribution in [2.75, 3.05) is 18.5 Å². The molecule has 0 saturated heterocycles. The summed E-state index contributed by atoms with van der Waals surface area (Å²) in [5.74, 6) is -0.890. The third-order valence-corrected chi connectivity index (χ3v) is 7.31. The van der Waals surface area contributed by atoms with Crippen LogP contribution in [0.4, 0.5) is 10.5 Å². The second-order valence-electron chi connectivity index (χ2n) is 12.1. The van der Waals surface area contributed by atoms with Crippen LogP contribution >= 0.6 is 0 Å². The lowest BCUT2D eigenvalue weighted by molar-refractivity contribution is -0.141. The van der Waals surface area contributed by atoms with Crippen LogP contribution in [0.25, 0.3) is 0 Å². The molecule has 0 saturated carbocycles. The summed E-state index contributed by atoms with van der Waals surface area (Å²) < 4.78 is 5.36. The van der Waals surface area contributed by atoms with Crippen LogP contribution in [0.15, 0.2) is 36.4 Å². The molecule has 2 unspecified atom stereocenters. The predicted molar refractivity (Wildman–Crippen MR) is 169 cm³/mol. The fourth-order valence-electron chi connectivity index (χ4n) is 5.15. The highest BCUT2D eigenvalue weighted by atomic mass is 16.6. The van der Waals surface area contributed by atoms with Crippen LogP contribution in [0.3, 0.4) is 0 Å². The van der Waals surface area contributed by atoms with Crippen LogP contribution in [-0.4, -0.2) is 52.7 Å². The van der Waals surface area contributed by atoms with Gasteiger partial charge in [0.15, 0.2) is 0 Å². The Kier molecular flexibility index (Phi) is 13.5. The molecular weight excluding hydrogens is 530 g/mol. The number of amides is 3. The Morgan fingerprint density at radius 2 is 1.38 bits per heavy atom. The van der Waals surface area contributed by atoms with Gasteiger partial charge >= 0.3 is 6.09 Å². The van der Waals surface area contributed by atoms with Crippen molar-refractivity contribution < 1.29 is 24.2 Å². The largest absolute Gasteiger partial charge is 0.444 e. The van der Waals surface area contributed by atoms with Gasteiger partial charge in [-0.15, -0.1) is 0 Å². The number of anilines is 1. The minimum absolute atomic E-state index is 0.288. The summed E-state index contributed by atoms with van der Waals surface area (Å²) >= 11 is 0. The van der Waals surface area contributed by atoms with Crippen molar-refractivity contribution >= 4 is 23.6 Å². The van der Waals surface area contributed by atoms with Gasteiger partial charge in [-0.25, -0.2) is 4.79 Å². The van der Waals surface area contributed by atoms with Gasteiger partial charge in [0.05, 0.1) is 6.61 Å². The highest BCUT2D eigenvalue weighted by Crippen LogP contribution is 2.31. The van der Waals surface area contributed by atoms with E-state index in [1.165, 1.54) is 4.90 Å². The first-order valence-corrected chi connectivity index (χ1v) is 15.1. The van der Waals surface area contributed by atoms with E-state index in [0.29, 0.717) is 12.1 Å². The third-order valence-electron chi connectivity index (χ3n) is 7.31. The van der Waals surface area contributed by atoms with Crippen LogP contribution in [-0.2, 0) is 14.3 Å². The molecule has 0 aliphatic heterocycles. The first-order chi connectivity index (χ1) is 19.8. The molecule has 232 valence electrons. The van der Waals surface area contributed by atoms with E-state index in [9.17, 15) is 19.5 Å². The molecule has 0 aromatic heterocycles. The van der Waals surface area contributed by atoms with Crippen LogP contribution in [0.5, 0.6) is 0 Å². The number of hydrogen-bond donors (Lipinski definition) is 3. The molecule has 3 amide bonds. The quantitative estimate of drug-likeness (QED) is 0.216. The number of carbonyl (C=O) groups is 3. The van der Waals surface area contributed by atoms with E-state index in [4.69, 9.17) is 4.74 Å². The standard InChI is InChI=1S/C34H51N3O5/c1-9-10-11-12-13-14-21-37(32(40)27(22-38)35-33(41)42-34(6,7)8)30(28-23(2)17-15-18-24(28)3)31(39)36-29-25(4)19-16-20-26(29)5/h15-20,27,30,38H,9-14,21-22H2,1-8H3,(H,35,41)(H,36,39). The van der Waals surface area contributed by atoms with Gasteiger partial charge in [0.1, 0.15) is 17.7 Å². The molecule has 2 atom stereocenters. The maximum atomic E-state index is 14.3. The van der Waals surface area contributed by atoms with E-state index in [1.54, 1.807) is 20.8 Å². The zero-order valence-corrected chi connectivity index (χ0v) is 26.8. The third kappa shape index (κ3) is 10.2. The molecule has 0 heterocycles. The van der Waals surface area contributed by atoms with E-state index in [2.05, 4.69) is 17.6 Å². The Hall–Kier alpha value is -3.39. The van der Waals surface area contributed by atoms with Crippen molar-refractivity contribution in [1.29, 1.82) is 0 Å². The molecule has 0 aliphatic rings. The van der Waals surface area contributed by atoms with Gasteiger partial charge in [-0.1, -0.05) is 75.4 Å². The SMILES string of the molecule is CCCCCCCCN(C(=O)C(CO)NC(=O)OC(C)(C)C)C(C(=O)Nc1c(C)cccc1C)c1c(C)cccc1C. The Morgan fingerprint density at radius 1 is 0.857 bits per heavy atom. The molecule has 0 spiro atoms. The molecular formula is C34H51N3O5. The average Bonchev–Trinajstić information content (AvgIpc) is 2.90. The van der Waals surface area contributed by atoms with Crippen LogP contribution in [0, 0.1) is 27.7 Å². The van der Waals surface area contributed by atoms with Crippen LogP contribution in [0.1, 0.15) is 100 Å². The molecule has 0 aliphatic carbocycles. The number of nitrogens with one attached hydrogen (secondary N) is 2. The number of alkyl carbamates (subject to hydrolysis) is 1. The summed E-state index contributed by atoms with van der Waals surface area (Å²) in [6, 6.07) is 9.32. The zero-order valence-electron chi connectivity index (χ0n) is 26.8. The number of carbonyl (C=O) groups excluding carboxylic acids is 3. The lowest BCUT2D eigenvalue weighted by atomic mass is 9.93. The molecule has 8 nitrogen and oxygen atoms in total. The van der Waals surface area contributed by atoms with Gasteiger partial charge in [0, 0.05) is 12.2 Å². The number of rotatable bonds is 14. The van der Waals surface area contributed by atoms with Crippen molar-refractivity contribution in [1.82, 2.24) is 10.2 Å². The maximum absolute atomic E-state index is 14.3. The summed E-state index contributed by atoms with van der Waals surface area (Å²) in [5.41, 5.74) is 4.23. The fourth-order valence-corrected chi connectivity index (χ4v) is 5.15. The fraction of sp³-hybridized carbons (Fsp3) is 0.559. The Bertz CT molecular complexity index is 1160. The summed E-state index contributed by atoms with van der Waals surface area (Å²) in [6.07, 6.45) is 5.18. The number of benzene rings is 2. The highest BCUT2D eigenvalue weighted by molar-refractivity contribution is 6.00. The van der Waals surface area contributed by atoms with Crippen molar-refractivity contribution in [2.24, 2.45) is 0 Å². The summed E-state index contributed by atoms with van der Waals surface area (Å²) in [7, 11) is 0. The molecule has 2 aromatic rings. The molecule has 8 heteroatoms. The number of nitrogens with zero attached hydrogens (tertiary/aromatic N) is 1. The number of unbranched alkanes of at least 4 members (excludes halogenated alkanes) is 5. The van der Waals surface area contributed by atoms with Gasteiger partial charge in [-0.3, -0.25) is 9.59 Å². The molecule has 0 fully saturated rings. The molecule has 42 heavy (non-hydrogen) atoms. The van der Waals surface area contributed by atoms with Gasteiger partial charge < -0.3 is 25.4 Å². The number of hydrogen-bond acceptors (Lipinski definition) is 5. The van der Waals surface area contributed by atoms with Crippen LogP contribution in [0.2, 0.25) is 0 Å². The predicted octanol–water partition coefficient (Wildman–Crippen LogP) is 6.67. The van der Waals surface area contributed by atoms with E-state index in [1.807, 2.05) is 64.1 Å². The van der Waals surface area contributed by atoms with Crippen molar-refractivity contribution in [3.63, 3.8) is 0 Å². The Balaban J connectivity index is 2.56. The van der Waals surface area contributed by atoms with E-state index < -0.39 is 36.3 Å². The molecule has 0 bridgehead atoms. The second-order valence-corrected chi connectivity index (χ2v) is 12.1. The zero-order chi connectivity index (χ0) is 31.4. The topological polar surface area (TPSA) is 108 Å². The Labute approximate surface area is 252 Å². The monoisotopic (exact) mass is 581 g/mol. The van der Waals surface area contributed by atoms with Crippen LogP contribution < -0.4 is 10.6 Å². The van der Waals surface area contributed by atoms with E-state index in [0.717, 1.165) is 59.9 Å². The summed E-state index contributed by atoms with van der Waals surface area (Å²) in [4.78, 5) is 42.6. The first-order valence-electron chi connectivity index (χ1n) is 15.1. The number of aliphatic hydroxyl groups excluding tert-OH is 1. The first kappa shape index (κ1) is 34.8. The number of aliphatic hydroxyl groups is 1. The van der Waals surface area contributed by atoms with Gasteiger partial charge in [-0.05, 0) is 82.7 Å².